The van der Waals surface area contributed by atoms with Crippen LogP contribution in [-0.2, 0) is 0 Å². The van der Waals surface area contributed by atoms with Crippen molar-refractivity contribution in [2.75, 3.05) is 12.4 Å². The van der Waals surface area contributed by atoms with Crippen LogP contribution in [0.25, 0.3) is 11.0 Å². The summed E-state index contributed by atoms with van der Waals surface area (Å²) in [7, 11) is 1.77. The van der Waals surface area contributed by atoms with Gasteiger partial charge >= 0.3 is 0 Å². The molecule has 7 nitrogen and oxygen atoms in total. The lowest BCUT2D eigenvalue weighted by Gasteiger charge is -2.03. The van der Waals surface area contributed by atoms with Gasteiger partial charge in [-0.2, -0.15) is 10.1 Å². The quantitative estimate of drug-likeness (QED) is 0.541. The van der Waals surface area contributed by atoms with Gasteiger partial charge in [0.05, 0.1) is 11.6 Å². The molecule has 0 aliphatic heterocycles. The van der Waals surface area contributed by atoms with E-state index in [9.17, 15) is 0 Å². The highest BCUT2D eigenvalue weighted by atomic mass is 32.2. The zero-order valence-corrected chi connectivity index (χ0v) is 10.3. The first-order chi connectivity index (χ1) is 8.86. The van der Waals surface area contributed by atoms with E-state index in [0.717, 1.165) is 10.4 Å². The van der Waals surface area contributed by atoms with Crippen molar-refractivity contribution < 1.29 is 0 Å². The summed E-state index contributed by atoms with van der Waals surface area (Å²) in [5.41, 5.74) is 0.688. The van der Waals surface area contributed by atoms with E-state index >= 15 is 0 Å². The molecule has 0 saturated carbocycles. The fraction of sp³-hybridized carbons (Fsp3) is 0.100. The number of H-pyrrole nitrogens is 1. The summed E-state index contributed by atoms with van der Waals surface area (Å²) in [6.07, 6.45) is 5.09. The zero-order chi connectivity index (χ0) is 12.4. The van der Waals surface area contributed by atoms with Crippen LogP contribution >= 0.6 is 11.8 Å². The molecule has 3 aromatic rings. The Morgan fingerprint density at radius 2 is 2.06 bits per heavy atom. The number of fused-ring (bicyclic) bond motifs is 1. The molecule has 0 bridgehead atoms. The Balaban J connectivity index is 2.07. The molecule has 0 spiro atoms. The van der Waals surface area contributed by atoms with Gasteiger partial charge in [-0.1, -0.05) is 0 Å². The second-order valence-electron chi connectivity index (χ2n) is 3.37. The summed E-state index contributed by atoms with van der Waals surface area (Å²) in [5, 5.41) is 12.0. The molecular formula is C10H9N7S. The molecule has 0 fully saturated rings. The zero-order valence-electron chi connectivity index (χ0n) is 9.45. The van der Waals surface area contributed by atoms with Gasteiger partial charge in [0.15, 0.2) is 10.8 Å². The van der Waals surface area contributed by atoms with E-state index in [2.05, 4.69) is 35.5 Å². The average Bonchev–Trinajstić information content (AvgIpc) is 2.88. The molecule has 0 radical (unpaired) electrons. The molecule has 90 valence electrons. The van der Waals surface area contributed by atoms with E-state index in [-0.39, 0.29) is 0 Å². The SMILES string of the molecule is CNc1nc(Sc2ncccn2)c2cn[nH]c2n1. The molecule has 0 aliphatic carbocycles. The van der Waals surface area contributed by atoms with E-state index in [1.165, 1.54) is 11.8 Å². The van der Waals surface area contributed by atoms with Crippen molar-refractivity contribution in [3.63, 3.8) is 0 Å². The Hall–Kier alpha value is -2.22. The van der Waals surface area contributed by atoms with Gasteiger partial charge in [0.2, 0.25) is 5.95 Å². The second kappa shape index (κ2) is 4.57. The third kappa shape index (κ3) is 1.97. The Morgan fingerprint density at radius 3 is 2.83 bits per heavy atom. The minimum absolute atomic E-state index is 0.533. The van der Waals surface area contributed by atoms with Gasteiger partial charge in [-0.25, -0.2) is 15.0 Å². The van der Waals surface area contributed by atoms with E-state index < -0.39 is 0 Å². The molecule has 0 amide bonds. The third-order valence-corrected chi connectivity index (χ3v) is 3.13. The molecule has 0 unspecified atom stereocenters. The minimum Gasteiger partial charge on any atom is -0.357 e. The number of nitrogens with zero attached hydrogens (tertiary/aromatic N) is 5. The lowest BCUT2D eigenvalue weighted by Crippen LogP contribution is -1.98. The Bertz CT molecular complexity index is 666. The van der Waals surface area contributed by atoms with Crippen LogP contribution in [0.5, 0.6) is 0 Å². The van der Waals surface area contributed by atoms with Gasteiger partial charge in [0.1, 0.15) is 5.03 Å². The monoisotopic (exact) mass is 259 g/mol. The molecule has 0 aliphatic rings. The molecular weight excluding hydrogens is 250 g/mol. The van der Waals surface area contributed by atoms with Gasteiger partial charge in [0, 0.05) is 19.4 Å². The van der Waals surface area contributed by atoms with Crippen LogP contribution in [-0.4, -0.2) is 37.2 Å². The van der Waals surface area contributed by atoms with Crippen LogP contribution in [0.1, 0.15) is 0 Å². The van der Waals surface area contributed by atoms with Crippen molar-refractivity contribution in [1.29, 1.82) is 0 Å². The van der Waals surface area contributed by atoms with Crippen LogP contribution in [0.3, 0.4) is 0 Å². The summed E-state index contributed by atoms with van der Waals surface area (Å²) in [6.45, 7) is 0. The summed E-state index contributed by atoms with van der Waals surface area (Å²) in [4.78, 5) is 17.0. The van der Waals surface area contributed by atoms with Crippen LogP contribution < -0.4 is 5.32 Å². The molecule has 3 aromatic heterocycles. The Morgan fingerprint density at radius 1 is 1.22 bits per heavy atom. The molecule has 8 heteroatoms. The highest BCUT2D eigenvalue weighted by Crippen LogP contribution is 2.28. The fourth-order valence-electron chi connectivity index (χ4n) is 1.42. The van der Waals surface area contributed by atoms with Gasteiger partial charge in [-0.05, 0) is 17.8 Å². The van der Waals surface area contributed by atoms with Crippen molar-refractivity contribution in [3.8, 4) is 0 Å². The fourth-order valence-corrected chi connectivity index (χ4v) is 2.21. The molecule has 2 N–H and O–H groups in total. The maximum Gasteiger partial charge on any atom is 0.225 e. The first kappa shape index (κ1) is 10.9. The van der Waals surface area contributed by atoms with Crippen molar-refractivity contribution >= 4 is 28.7 Å². The van der Waals surface area contributed by atoms with Gasteiger partial charge in [-0.15, -0.1) is 0 Å². The smallest absolute Gasteiger partial charge is 0.225 e. The number of hydrogen-bond donors (Lipinski definition) is 2. The topological polar surface area (TPSA) is 92.3 Å². The van der Waals surface area contributed by atoms with Crippen LogP contribution in [0.2, 0.25) is 0 Å². The van der Waals surface area contributed by atoms with Crippen molar-refractivity contribution in [2.24, 2.45) is 0 Å². The molecule has 0 saturated heterocycles. The lowest BCUT2D eigenvalue weighted by molar-refractivity contribution is 0.961. The molecule has 3 heterocycles. The summed E-state index contributed by atoms with van der Waals surface area (Å²) >= 11 is 1.38. The largest absolute Gasteiger partial charge is 0.357 e. The number of aromatic nitrogens is 6. The van der Waals surface area contributed by atoms with E-state index in [4.69, 9.17) is 0 Å². The van der Waals surface area contributed by atoms with Crippen molar-refractivity contribution in [2.45, 2.75) is 10.2 Å². The van der Waals surface area contributed by atoms with Crippen molar-refractivity contribution in [1.82, 2.24) is 30.1 Å². The van der Waals surface area contributed by atoms with Gasteiger partial charge < -0.3 is 5.32 Å². The van der Waals surface area contributed by atoms with E-state index in [1.54, 1.807) is 31.7 Å². The van der Waals surface area contributed by atoms with Crippen molar-refractivity contribution in [3.05, 3.63) is 24.7 Å². The molecule has 0 aromatic carbocycles. The first-order valence-electron chi connectivity index (χ1n) is 5.20. The molecule has 18 heavy (non-hydrogen) atoms. The van der Waals surface area contributed by atoms with Crippen LogP contribution in [0.4, 0.5) is 5.95 Å². The number of hydrogen-bond acceptors (Lipinski definition) is 7. The highest BCUT2D eigenvalue weighted by Gasteiger charge is 2.11. The second-order valence-corrected chi connectivity index (χ2v) is 4.32. The van der Waals surface area contributed by atoms with Crippen LogP contribution in [0, 0.1) is 0 Å². The third-order valence-electron chi connectivity index (χ3n) is 2.23. The maximum atomic E-state index is 4.39. The number of aromatic amines is 1. The lowest BCUT2D eigenvalue weighted by atomic mass is 10.4. The van der Waals surface area contributed by atoms with Gasteiger partial charge in [-0.3, -0.25) is 5.10 Å². The minimum atomic E-state index is 0.533. The first-order valence-corrected chi connectivity index (χ1v) is 6.02. The predicted octanol–water partition coefficient (Wildman–Crippen LogP) is 1.34. The van der Waals surface area contributed by atoms with Gasteiger partial charge in [0.25, 0.3) is 0 Å². The summed E-state index contributed by atoms with van der Waals surface area (Å²) in [6, 6.07) is 1.77. The van der Waals surface area contributed by atoms with Crippen LogP contribution in [0.15, 0.2) is 34.8 Å². The highest BCUT2D eigenvalue weighted by molar-refractivity contribution is 7.99. The molecule has 0 atom stereocenters. The summed E-state index contributed by atoms with van der Waals surface area (Å²) < 4.78 is 0. The summed E-state index contributed by atoms with van der Waals surface area (Å²) in [5.74, 6) is 0.533. The molecule has 3 rings (SSSR count). The number of anilines is 1. The normalized spacial score (nSPS) is 10.7. The maximum absolute atomic E-state index is 4.39. The number of nitrogens with one attached hydrogen (secondary N) is 2. The number of rotatable bonds is 3. The van der Waals surface area contributed by atoms with E-state index in [0.29, 0.717) is 16.8 Å². The standard InChI is InChI=1S/C10H9N7S/c1-11-9-15-7-6(5-14-17-7)8(16-9)18-10-12-3-2-4-13-10/h2-5H,1H3,(H2,11,14,15,16,17). The average molecular weight is 259 g/mol. The van der Waals surface area contributed by atoms with E-state index in [1.807, 2.05) is 0 Å². The Labute approximate surface area is 106 Å². The predicted molar refractivity (Wildman–Crippen MR) is 67.4 cm³/mol. The Kier molecular flexibility index (Phi) is 2.77.